The average molecular weight is 223 g/mol. The van der Waals surface area contributed by atoms with Crippen LogP contribution in [0, 0.1) is 0 Å². The highest BCUT2D eigenvalue weighted by Crippen LogP contribution is 2.32. The Morgan fingerprint density at radius 3 is 2.50 bits per heavy atom. The van der Waals surface area contributed by atoms with Crippen molar-refractivity contribution in [1.29, 1.82) is 0 Å². The van der Waals surface area contributed by atoms with Crippen LogP contribution in [-0.4, -0.2) is 18.8 Å². The highest BCUT2D eigenvalue weighted by molar-refractivity contribution is 5.42. The molecule has 0 bridgehead atoms. The molecule has 1 aromatic carbocycles. The summed E-state index contributed by atoms with van der Waals surface area (Å²) in [6, 6.07) is 5.87. The summed E-state index contributed by atoms with van der Waals surface area (Å²) >= 11 is 0. The fraction of sp³-hybridized carbons (Fsp3) is 0.538. The molecule has 3 N–H and O–H groups in total. The van der Waals surface area contributed by atoms with Crippen molar-refractivity contribution in [3.63, 3.8) is 0 Å². The summed E-state index contributed by atoms with van der Waals surface area (Å²) in [6.45, 7) is 6.10. The quantitative estimate of drug-likeness (QED) is 0.820. The largest absolute Gasteiger partial charge is 0.496 e. The van der Waals surface area contributed by atoms with E-state index in [1.807, 2.05) is 18.2 Å². The van der Waals surface area contributed by atoms with E-state index in [4.69, 9.17) is 10.5 Å². The number of hydrogen-bond donors (Lipinski definition) is 2. The third-order valence-corrected chi connectivity index (χ3v) is 2.87. The molecular weight excluding hydrogens is 202 g/mol. The Hall–Kier alpha value is -1.06. The number of rotatable bonds is 4. The number of methoxy groups -OCH3 is 1. The predicted molar refractivity (Wildman–Crippen MR) is 65.7 cm³/mol. The third kappa shape index (κ3) is 2.54. The monoisotopic (exact) mass is 223 g/mol. The molecule has 3 nitrogen and oxygen atoms in total. The van der Waals surface area contributed by atoms with Crippen LogP contribution in [0.25, 0.3) is 0 Å². The molecule has 0 aromatic heterocycles. The van der Waals surface area contributed by atoms with E-state index in [9.17, 15) is 5.11 Å². The van der Waals surface area contributed by atoms with Crippen molar-refractivity contribution in [2.24, 2.45) is 5.73 Å². The van der Waals surface area contributed by atoms with E-state index in [2.05, 4.69) is 13.8 Å². The number of benzene rings is 1. The summed E-state index contributed by atoms with van der Waals surface area (Å²) in [7, 11) is 1.60. The molecule has 0 heterocycles. The van der Waals surface area contributed by atoms with Crippen molar-refractivity contribution >= 4 is 0 Å². The Labute approximate surface area is 97.2 Å². The summed E-state index contributed by atoms with van der Waals surface area (Å²) in [5, 5.41) is 10.2. The minimum atomic E-state index is -1.05. The third-order valence-electron chi connectivity index (χ3n) is 2.87. The lowest BCUT2D eigenvalue weighted by atomic mass is 9.91. The molecule has 16 heavy (non-hydrogen) atoms. The van der Waals surface area contributed by atoms with Gasteiger partial charge in [0.25, 0.3) is 0 Å². The second kappa shape index (κ2) is 4.85. The first-order valence-electron chi connectivity index (χ1n) is 5.53. The highest BCUT2D eigenvalue weighted by Gasteiger charge is 2.25. The fourth-order valence-corrected chi connectivity index (χ4v) is 1.62. The van der Waals surface area contributed by atoms with Crippen LogP contribution in [-0.2, 0) is 5.60 Å². The zero-order valence-electron chi connectivity index (χ0n) is 10.4. The van der Waals surface area contributed by atoms with Crippen LogP contribution in [0.5, 0.6) is 5.75 Å². The molecule has 90 valence electrons. The second-order valence-corrected chi connectivity index (χ2v) is 4.59. The zero-order valence-corrected chi connectivity index (χ0v) is 10.4. The van der Waals surface area contributed by atoms with Gasteiger partial charge in [0.05, 0.1) is 7.11 Å². The minimum absolute atomic E-state index is 0.172. The fourth-order valence-electron chi connectivity index (χ4n) is 1.62. The Morgan fingerprint density at radius 2 is 2.06 bits per heavy atom. The maximum Gasteiger partial charge on any atom is 0.125 e. The lowest BCUT2D eigenvalue weighted by Gasteiger charge is -2.25. The molecule has 1 rings (SSSR count). The van der Waals surface area contributed by atoms with Crippen LogP contribution < -0.4 is 10.5 Å². The number of hydrogen-bond acceptors (Lipinski definition) is 3. The van der Waals surface area contributed by atoms with Gasteiger partial charge in [-0.3, -0.25) is 0 Å². The Morgan fingerprint density at radius 1 is 1.44 bits per heavy atom. The Kier molecular flexibility index (Phi) is 3.94. The van der Waals surface area contributed by atoms with Crippen LogP contribution in [0.3, 0.4) is 0 Å². The highest BCUT2D eigenvalue weighted by atomic mass is 16.5. The smallest absolute Gasteiger partial charge is 0.125 e. The first kappa shape index (κ1) is 13.0. The van der Waals surface area contributed by atoms with Gasteiger partial charge in [-0.15, -0.1) is 0 Å². The Bertz CT molecular complexity index is 359. The normalized spacial score (nSPS) is 14.9. The van der Waals surface area contributed by atoms with E-state index in [0.29, 0.717) is 11.7 Å². The van der Waals surface area contributed by atoms with Crippen LogP contribution >= 0.6 is 0 Å². The van der Waals surface area contributed by atoms with Crippen molar-refractivity contribution in [2.45, 2.75) is 32.3 Å². The van der Waals surface area contributed by atoms with Crippen molar-refractivity contribution in [1.82, 2.24) is 0 Å². The second-order valence-electron chi connectivity index (χ2n) is 4.59. The van der Waals surface area contributed by atoms with Gasteiger partial charge in [0.1, 0.15) is 11.4 Å². The van der Waals surface area contributed by atoms with E-state index < -0.39 is 5.60 Å². The number of aliphatic hydroxyl groups is 1. The first-order chi connectivity index (χ1) is 7.42. The van der Waals surface area contributed by atoms with E-state index in [1.54, 1.807) is 14.0 Å². The van der Waals surface area contributed by atoms with Gasteiger partial charge in [0, 0.05) is 12.1 Å². The summed E-state index contributed by atoms with van der Waals surface area (Å²) < 4.78 is 5.25. The molecule has 0 amide bonds. The van der Waals surface area contributed by atoms with E-state index >= 15 is 0 Å². The number of nitrogens with two attached hydrogens (primary N) is 1. The maximum absolute atomic E-state index is 10.2. The molecule has 0 aliphatic rings. The van der Waals surface area contributed by atoms with Crippen molar-refractivity contribution in [2.75, 3.05) is 13.7 Å². The summed E-state index contributed by atoms with van der Waals surface area (Å²) in [5.41, 5.74) is 6.46. The van der Waals surface area contributed by atoms with Gasteiger partial charge in [-0.05, 0) is 30.5 Å². The van der Waals surface area contributed by atoms with Gasteiger partial charge >= 0.3 is 0 Å². The average Bonchev–Trinajstić information content (AvgIpc) is 2.28. The van der Waals surface area contributed by atoms with E-state index in [0.717, 1.165) is 5.56 Å². The minimum Gasteiger partial charge on any atom is -0.496 e. The predicted octanol–water partition coefficient (Wildman–Crippen LogP) is 1.98. The van der Waals surface area contributed by atoms with Crippen LogP contribution in [0.4, 0.5) is 0 Å². The van der Waals surface area contributed by atoms with E-state index in [1.165, 1.54) is 5.56 Å². The summed E-state index contributed by atoms with van der Waals surface area (Å²) in [4.78, 5) is 0. The molecule has 1 atom stereocenters. The topological polar surface area (TPSA) is 55.5 Å². The van der Waals surface area contributed by atoms with Crippen molar-refractivity contribution in [3.8, 4) is 5.75 Å². The molecule has 1 unspecified atom stereocenters. The number of ether oxygens (including phenoxy) is 1. The van der Waals surface area contributed by atoms with Gasteiger partial charge in [-0.1, -0.05) is 19.9 Å². The summed E-state index contributed by atoms with van der Waals surface area (Å²) in [6.07, 6.45) is 0. The summed E-state index contributed by atoms with van der Waals surface area (Å²) in [5.74, 6) is 1.10. The maximum atomic E-state index is 10.2. The lowest BCUT2D eigenvalue weighted by Crippen LogP contribution is -2.31. The van der Waals surface area contributed by atoms with Gasteiger partial charge in [-0.2, -0.15) is 0 Å². The van der Waals surface area contributed by atoms with Gasteiger partial charge < -0.3 is 15.6 Å². The van der Waals surface area contributed by atoms with Crippen LogP contribution in [0.15, 0.2) is 18.2 Å². The first-order valence-corrected chi connectivity index (χ1v) is 5.53. The molecule has 0 spiro atoms. The van der Waals surface area contributed by atoms with Gasteiger partial charge in [0.15, 0.2) is 0 Å². The van der Waals surface area contributed by atoms with Crippen LogP contribution in [0.2, 0.25) is 0 Å². The van der Waals surface area contributed by atoms with Gasteiger partial charge in [-0.25, -0.2) is 0 Å². The molecular formula is C13H21NO2. The molecule has 0 aliphatic heterocycles. The lowest BCUT2D eigenvalue weighted by molar-refractivity contribution is 0.0639. The SMILES string of the molecule is COc1ccc(C(C)C)cc1C(C)(O)CN. The molecule has 0 radical (unpaired) electrons. The van der Waals surface area contributed by atoms with Crippen LogP contribution in [0.1, 0.15) is 37.8 Å². The molecule has 0 aliphatic carbocycles. The van der Waals surface area contributed by atoms with Crippen molar-refractivity contribution in [3.05, 3.63) is 29.3 Å². The van der Waals surface area contributed by atoms with E-state index in [-0.39, 0.29) is 6.54 Å². The molecule has 3 heteroatoms. The molecule has 0 saturated carbocycles. The Balaban J connectivity index is 3.27. The van der Waals surface area contributed by atoms with Crippen molar-refractivity contribution < 1.29 is 9.84 Å². The molecule has 0 fully saturated rings. The standard InChI is InChI=1S/C13H21NO2/c1-9(2)10-5-6-12(16-4)11(7-10)13(3,15)8-14/h5-7,9,15H,8,14H2,1-4H3. The van der Waals surface area contributed by atoms with Gasteiger partial charge in [0.2, 0.25) is 0 Å². The zero-order chi connectivity index (χ0) is 12.3. The molecule has 0 saturated heterocycles. The molecule has 1 aromatic rings.